The average Bonchev–Trinajstić information content (AvgIpc) is 3.34. The number of anilines is 3. The number of nitriles is 1. The number of rotatable bonds is 4. The van der Waals surface area contributed by atoms with Gasteiger partial charge >= 0.3 is 0 Å². The molecule has 0 saturated carbocycles. The van der Waals surface area contributed by atoms with Gasteiger partial charge in [-0.3, -0.25) is 0 Å². The third kappa shape index (κ3) is 3.76. The van der Waals surface area contributed by atoms with Crippen LogP contribution >= 0.6 is 0 Å². The van der Waals surface area contributed by atoms with Gasteiger partial charge in [0.15, 0.2) is 5.58 Å². The Bertz CT molecular complexity index is 1820. The normalized spacial score (nSPS) is 10.8. The Morgan fingerprint density at radius 3 is 2.22 bits per heavy atom. The Kier molecular flexibility index (Phi) is 5.37. The third-order valence-corrected chi connectivity index (χ3v) is 6.39. The fourth-order valence-electron chi connectivity index (χ4n) is 4.66. The first kappa shape index (κ1) is 22.1. The first-order chi connectivity index (χ1) is 18.2. The van der Waals surface area contributed by atoms with Crippen molar-refractivity contribution in [2.75, 3.05) is 4.90 Å². The number of hydrogen-bond donors (Lipinski definition) is 0. The zero-order chi connectivity index (χ0) is 25.4. The molecule has 0 spiro atoms. The highest BCUT2D eigenvalue weighted by Gasteiger charge is 2.22. The fraction of sp³-hybridized carbons (Fsp3) is 0. The van der Waals surface area contributed by atoms with E-state index in [0.29, 0.717) is 17.0 Å². The predicted molar refractivity (Wildman–Crippen MR) is 145 cm³/mol. The minimum Gasteiger partial charge on any atom is -0.454 e. The van der Waals surface area contributed by atoms with Gasteiger partial charge < -0.3 is 9.32 Å². The molecule has 1 aromatic heterocycles. The van der Waals surface area contributed by atoms with Gasteiger partial charge in [-0.1, -0.05) is 72.8 Å². The van der Waals surface area contributed by atoms with Gasteiger partial charge in [0, 0.05) is 22.1 Å². The first-order valence-corrected chi connectivity index (χ1v) is 11.6. The smallest absolute Gasteiger partial charge is 0.225 e. The summed E-state index contributed by atoms with van der Waals surface area (Å²) in [5.41, 5.74) is 5.12. The predicted octanol–water partition coefficient (Wildman–Crippen LogP) is 9.28. The van der Waals surface area contributed by atoms with Gasteiger partial charge in [-0.25, -0.2) is 9.24 Å². The minimum absolute atomic E-state index is 0.189. The summed E-state index contributed by atoms with van der Waals surface area (Å²) in [4.78, 5) is 5.23. The molecular weight excluding hydrogens is 461 g/mol. The maximum absolute atomic E-state index is 14.7. The SMILES string of the molecule is [C-]#[N+]c1cc(N(c2ccc(-c3ccccc3)cc2)c2cccc3c2oc2ccccc23)cc(C#N)c1F. The van der Waals surface area contributed by atoms with E-state index in [1.807, 2.05) is 108 Å². The van der Waals surface area contributed by atoms with E-state index in [0.717, 1.165) is 33.2 Å². The highest BCUT2D eigenvalue weighted by Crippen LogP contribution is 2.43. The molecule has 1 heterocycles. The average molecular weight is 480 g/mol. The maximum atomic E-state index is 14.7. The van der Waals surface area contributed by atoms with Crippen molar-refractivity contribution in [3.8, 4) is 17.2 Å². The van der Waals surface area contributed by atoms with Crippen molar-refractivity contribution >= 4 is 44.7 Å². The van der Waals surface area contributed by atoms with Crippen LogP contribution in [0.15, 0.2) is 114 Å². The number of halogens is 1. The molecule has 0 radical (unpaired) electrons. The van der Waals surface area contributed by atoms with E-state index in [-0.39, 0.29) is 11.3 Å². The molecule has 6 aromatic rings. The maximum Gasteiger partial charge on any atom is 0.225 e. The first-order valence-electron chi connectivity index (χ1n) is 11.6. The van der Waals surface area contributed by atoms with E-state index < -0.39 is 5.82 Å². The molecule has 0 bridgehead atoms. The molecule has 37 heavy (non-hydrogen) atoms. The van der Waals surface area contributed by atoms with Crippen LogP contribution in [0.1, 0.15) is 5.56 Å². The Balaban J connectivity index is 1.61. The summed E-state index contributed by atoms with van der Waals surface area (Å²) in [7, 11) is 0. The number of hydrogen-bond acceptors (Lipinski definition) is 3. The highest BCUT2D eigenvalue weighted by atomic mass is 19.1. The van der Waals surface area contributed by atoms with E-state index in [1.165, 1.54) is 12.1 Å². The zero-order valence-corrected chi connectivity index (χ0v) is 19.5. The van der Waals surface area contributed by atoms with E-state index in [1.54, 1.807) is 0 Å². The van der Waals surface area contributed by atoms with Gasteiger partial charge in [-0.2, -0.15) is 5.26 Å². The van der Waals surface area contributed by atoms with Crippen LogP contribution in [0.3, 0.4) is 0 Å². The van der Waals surface area contributed by atoms with Crippen molar-refractivity contribution in [2.24, 2.45) is 0 Å². The van der Waals surface area contributed by atoms with Crippen molar-refractivity contribution < 1.29 is 8.81 Å². The van der Waals surface area contributed by atoms with Crippen LogP contribution in [0.25, 0.3) is 37.9 Å². The monoisotopic (exact) mass is 479 g/mol. The zero-order valence-electron chi connectivity index (χ0n) is 19.5. The summed E-state index contributed by atoms with van der Waals surface area (Å²) >= 11 is 0. The minimum atomic E-state index is -0.817. The molecule has 6 rings (SSSR count). The molecule has 174 valence electrons. The lowest BCUT2D eigenvalue weighted by Gasteiger charge is -2.26. The Hall–Kier alpha value is -5.39. The number of para-hydroxylation sites is 2. The third-order valence-electron chi connectivity index (χ3n) is 6.39. The summed E-state index contributed by atoms with van der Waals surface area (Å²) in [5, 5.41) is 11.5. The molecule has 0 unspecified atom stereocenters. The molecule has 5 aromatic carbocycles. The molecule has 0 aliphatic heterocycles. The van der Waals surface area contributed by atoms with Crippen molar-refractivity contribution in [3.05, 3.63) is 132 Å². The van der Waals surface area contributed by atoms with Crippen LogP contribution in [0.2, 0.25) is 0 Å². The second-order valence-electron chi connectivity index (χ2n) is 8.55. The van der Waals surface area contributed by atoms with E-state index in [9.17, 15) is 9.65 Å². The van der Waals surface area contributed by atoms with Gasteiger partial charge in [-0.05, 0) is 47.5 Å². The van der Waals surface area contributed by atoms with Crippen LogP contribution < -0.4 is 4.90 Å². The molecule has 0 fully saturated rings. The highest BCUT2D eigenvalue weighted by molar-refractivity contribution is 6.10. The summed E-state index contributed by atoms with van der Waals surface area (Å²) < 4.78 is 21.0. The van der Waals surface area contributed by atoms with Gasteiger partial charge in [0.05, 0.1) is 17.8 Å². The van der Waals surface area contributed by atoms with E-state index >= 15 is 0 Å². The van der Waals surface area contributed by atoms with Crippen molar-refractivity contribution in [2.45, 2.75) is 0 Å². The van der Waals surface area contributed by atoms with Gasteiger partial charge in [0.1, 0.15) is 17.5 Å². The van der Waals surface area contributed by atoms with Crippen LogP contribution in [0.5, 0.6) is 0 Å². The summed E-state index contributed by atoms with van der Waals surface area (Å²) in [6.45, 7) is 7.47. The molecule has 0 saturated heterocycles. The molecule has 0 aliphatic carbocycles. The van der Waals surface area contributed by atoms with Gasteiger partial charge in [0.25, 0.3) is 0 Å². The van der Waals surface area contributed by atoms with Crippen molar-refractivity contribution in [3.63, 3.8) is 0 Å². The second-order valence-corrected chi connectivity index (χ2v) is 8.55. The molecule has 4 nitrogen and oxygen atoms in total. The molecular formula is C32H18FN3O. The standard InChI is InChI=1S/C32H18FN3O/c1-35-28-19-25(18-23(20-34)31(28)33)36(24-16-14-22(15-17-24)21-8-3-2-4-9-21)29-12-7-11-27-26-10-5-6-13-30(26)37-32(27)29/h2-19H. The van der Waals surface area contributed by atoms with Gasteiger partial charge in [0.2, 0.25) is 5.69 Å². The van der Waals surface area contributed by atoms with E-state index in [2.05, 4.69) is 4.85 Å². The van der Waals surface area contributed by atoms with Crippen LogP contribution in [-0.4, -0.2) is 0 Å². The second kappa shape index (κ2) is 9.00. The summed E-state index contributed by atoms with van der Waals surface area (Å²) in [6.07, 6.45) is 0. The summed E-state index contributed by atoms with van der Waals surface area (Å²) in [5.74, 6) is -0.817. The molecule has 0 atom stereocenters. The Morgan fingerprint density at radius 2 is 1.46 bits per heavy atom. The van der Waals surface area contributed by atoms with Gasteiger partial charge in [-0.15, -0.1) is 0 Å². The number of fused-ring (bicyclic) bond motifs is 3. The van der Waals surface area contributed by atoms with E-state index in [4.69, 9.17) is 11.0 Å². The largest absolute Gasteiger partial charge is 0.454 e. The number of benzene rings is 5. The lowest BCUT2D eigenvalue weighted by atomic mass is 10.0. The van der Waals surface area contributed by atoms with Crippen LogP contribution in [0, 0.1) is 23.7 Å². The topological polar surface area (TPSA) is 44.5 Å². The molecule has 0 amide bonds. The fourth-order valence-corrected chi connectivity index (χ4v) is 4.66. The lowest BCUT2D eigenvalue weighted by Crippen LogP contribution is -2.11. The summed E-state index contributed by atoms with van der Waals surface area (Å²) in [6, 6.07) is 36.5. The molecule has 0 aliphatic rings. The van der Waals surface area contributed by atoms with Crippen LogP contribution in [0.4, 0.5) is 27.1 Å². The molecule has 0 N–H and O–H groups in total. The lowest BCUT2D eigenvalue weighted by molar-refractivity contribution is 0.630. The quantitative estimate of drug-likeness (QED) is 0.237. The van der Waals surface area contributed by atoms with Crippen molar-refractivity contribution in [1.82, 2.24) is 0 Å². The Labute approximate surface area is 212 Å². The number of nitrogens with zero attached hydrogens (tertiary/aromatic N) is 3. The van der Waals surface area contributed by atoms with Crippen LogP contribution in [-0.2, 0) is 0 Å². The van der Waals surface area contributed by atoms with Crippen molar-refractivity contribution in [1.29, 1.82) is 5.26 Å². The molecule has 5 heteroatoms. The Morgan fingerprint density at radius 1 is 0.757 bits per heavy atom. The number of furan rings is 1.